The van der Waals surface area contributed by atoms with Gasteiger partial charge in [0.2, 0.25) is 0 Å². The van der Waals surface area contributed by atoms with Crippen molar-refractivity contribution in [1.82, 2.24) is 9.55 Å². The van der Waals surface area contributed by atoms with E-state index in [2.05, 4.69) is 4.74 Å². The molecule has 5 rings (SSSR count). The molecule has 0 saturated heterocycles. The summed E-state index contributed by atoms with van der Waals surface area (Å²) in [6.07, 6.45) is -2.56. The number of ether oxygens (including phenoxy) is 3. The first-order valence-corrected chi connectivity index (χ1v) is 13.3. The molecule has 216 valence electrons. The molecule has 1 atom stereocenters. The normalized spacial score (nSPS) is 14.4. The van der Waals surface area contributed by atoms with Crippen molar-refractivity contribution < 1.29 is 37.3 Å². The van der Waals surface area contributed by atoms with E-state index in [4.69, 9.17) is 14.5 Å². The van der Waals surface area contributed by atoms with Crippen molar-refractivity contribution in [3.63, 3.8) is 0 Å². The van der Waals surface area contributed by atoms with Crippen LogP contribution in [-0.4, -0.2) is 39.2 Å². The molecule has 0 aliphatic carbocycles. The SMILES string of the molecule is Cc1nc2c(ccn2Cc2cccc(OC(F)(F)F)c2)c(-c2ccc3c(c2)CCCO3)c1C(OC(C)(C)C)C(=O)O. The lowest BCUT2D eigenvalue weighted by Gasteiger charge is -2.28. The average molecular weight is 569 g/mol. The summed E-state index contributed by atoms with van der Waals surface area (Å²) in [5.41, 5.74) is 3.86. The lowest BCUT2D eigenvalue weighted by atomic mass is 9.90. The number of benzene rings is 2. The molecule has 1 aliphatic rings. The number of rotatable bonds is 7. The van der Waals surface area contributed by atoms with Crippen LogP contribution in [0.2, 0.25) is 0 Å². The second-order valence-electron chi connectivity index (χ2n) is 11.1. The molecule has 2 aromatic carbocycles. The molecule has 0 saturated carbocycles. The monoisotopic (exact) mass is 568 g/mol. The maximum absolute atomic E-state index is 12.8. The van der Waals surface area contributed by atoms with Gasteiger partial charge in [-0.15, -0.1) is 13.2 Å². The van der Waals surface area contributed by atoms with Crippen LogP contribution in [0.5, 0.6) is 11.5 Å². The third kappa shape index (κ3) is 6.32. The summed E-state index contributed by atoms with van der Waals surface area (Å²) in [4.78, 5) is 17.4. The Kier molecular flexibility index (Phi) is 7.46. The van der Waals surface area contributed by atoms with Gasteiger partial charge in [0, 0.05) is 34.9 Å². The number of nitrogens with zero attached hydrogens (tertiary/aromatic N) is 2. The van der Waals surface area contributed by atoms with Crippen molar-refractivity contribution in [2.45, 2.75) is 65.1 Å². The Labute approximate surface area is 235 Å². The molecule has 1 N–H and O–H groups in total. The number of pyridine rings is 1. The summed E-state index contributed by atoms with van der Waals surface area (Å²) in [6.45, 7) is 8.02. The van der Waals surface area contributed by atoms with Crippen LogP contribution in [0.1, 0.15) is 55.7 Å². The van der Waals surface area contributed by atoms with Crippen molar-refractivity contribution in [3.05, 3.63) is 77.1 Å². The van der Waals surface area contributed by atoms with E-state index in [9.17, 15) is 23.1 Å². The Morgan fingerprint density at radius 3 is 2.63 bits per heavy atom. The van der Waals surface area contributed by atoms with E-state index in [1.165, 1.54) is 18.2 Å². The van der Waals surface area contributed by atoms with Crippen LogP contribution in [-0.2, 0) is 22.5 Å². The van der Waals surface area contributed by atoms with Gasteiger partial charge in [-0.2, -0.15) is 0 Å². The lowest BCUT2D eigenvalue weighted by molar-refractivity contribution is -0.274. The highest BCUT2D eigenvalue weighted by atomic mass is 19.4. The van der Waals surface area contributed by atoms with E-state index >= 15 is 0 Å². The molecule has 2 aromatic heterocycles. The summed E-state index contributed by atoms with van der Waals surface area (Å²) in [7, 11) is 0. The number of carbonyl (C=O) groups is 1. The Hall–Kier alpha value is -4.05. The number of halogens is 3. The Morgan fingerprint density at radius 1 is 1.15 bits per heavy atom. The van der Waals surface area contributed by atoms with Crippen LogP contribution in [0.25, 0.3) is 22.2 Å². The first-order valence-electron chi connectivity index (χ1n) is 13.3. The van der Waals surface area contributed by atoms with Gasteiger partial charge in [-0.05, 0) is 87.6 Å². The van der Waals surface area contributed by atoms with Crippen LogP contribution in [0, 0.1) is 6.92 Å². The van der Waals surface area contributed by atoms with Gasteiger partial charge in [0.05, 0.1) is 12.2 Å². The maximum Gasteiger partial charge on any atom is 0.573 e. The fourth-order valence-electron chi connectivity index (χ4n) is 5.23. The molecular formula is C31H31F3N2O5. The Balaban J connectivity index is 1.67. The van der Waals surface area contributed by atoms with Crippen LogP contribution in [0.4, 0.5) is 13.2 Å². The molecule has 4 aromatic rings. The van der Waals surface area contributed by atoms with E-state index in [-0.39, 0.29) is 12.3 Å². The van der Waals surface area contributed by atoms with Crippen LogP contribution in [0.15, 0.2) is 54.7 Å². The third-order valence-electron chi connectivity index (χ3n) is 6.78. The number of carboxylic acids is 1. The molecule has 7 nitrogen and oxygen atoms in total. The second-order valence-corrected chi connectivity index (χ2v) is 11.1. The summed E-state index contributed by atoms with van der Waals surface area (Å²) in [5.74, 6) is -0.631. The number of aryl methyl sites for hydroxylation is 2. The minimum absolute atomic E-state index is 0.225. The predicted molar refractivity (Wildman–Crippen MR) is 147 cm³/mol. The van der Waals surface area contributed by atoms with Gasteiger partial charge in [-0.25, -0.2) is 9.78 Å². The summed E-state index contributed by atoms with van der Waals surface area (Å²) in [5, 5.41) is 11.0. The van der Waals surface area contributed by atoms with E-state index in [0.29, 0.717) is 40.0 Å². The minimum Gasteiger partial charge on any atom is -0.493 e. The van der Waals surface area contributed by atoms with Gasteiger partial charge >= 0.3 is 12.3 Å². The fraction of sp³-hybridized carbons (Fsp3) is 0.355. The van der Waals surface area contributed by atoms with E-state index in [1.54, 1.807) is 40.0 Å². The van der Waals surface area contributed by atoms with Gasteiger partial charge in [-0.1, -0.05) is 18.2 Å². The lowest BCUT2D eigenvalue weighted by Crippen LogP contribution is -2.28. The van der Waals surface area contributed by atoms with Crippen molar-refractivity contribution in [2.75, 3.05) is 6.61 Å². The summed E-state index contributed by atoms with van der Waals surface area (Å²) < 4.78 is 56.1. The van der Waals surface area contributed by atoms with Gasteiger partial charge in [0.15, 0.2) is 6.10 Å². The van der Waals surface area contributed by atoms with Crippen molar-refractivity contribution in [2.24, 2.45) is 0 Å². The zero-order valence-electron chi connectivity index (χ0n) is 23.2. The molecule has 0 spiro atoms. The third-order valence-corrected chi connectivity index (χ3v) is 6.78. The maximum atomic E-state index is 12.8. The summed E-state index contributed by atoms with van der Waals surface area (Å²) >= 11 is 0. The highest BCUT2D eigenvalue weighted by Gasteiger charge is 2.33. The molecule has 0 radical (unpaired) electrons. The Bertz CT molecular complexity index is 1600. The van der Waals surface area contributed by atoms with Gasteiger partial charge in [-0.3, -0.25) is 0 Å². The fourth-order valence-corrected chi connectivity index (χ4v) is 5.23. The highest BCUT2D eigenvalue weighted by Crippen LogP contribution is 2.41. The number of hydrogen-bond donors (Lipinski definition) is 1. The Morgan fingerprint density at radius 2 is 1.93 bits per heavy atom. The van der Waals surface area contributed by atoms with Crippen LogP contribution in [0.3, 0.4) is 0 Å². The second kappa shape index (κ2) is 10.7. The number of fused-ring (bicyclic) bond motifs is 2. The first kappa shape index (κ1) is 28.5. The van der Waals surface area contributed by atoms with Gasteiger partial charge in [0.25, 0.3) is 0 Å². The van der Waals surface area contributed by atoms with Crippen molar-refractivity contribution >= 4 is 17.0 Å². The molecule has 41 heavy (non-hydrogen) atoms. The van der Waals surface area contributed by atoms with Crippen LogP contribution < -0.4 is 9.47 Å². The smallest absolute Gasteiger partial charge is 0.493 e. The standard InChI is InChI=1S/C31H31F3N2O5/c1-18-25(27(29(37)38)41-30(2,3)4)26(21-10-11-24-20(16-21)8-6-14-39-24)23-12-13-36(28(23)35-18)17-19-7-5-9-22(15-19)40-31(32,33)34/h5,7,9-13,15-16,27H,6,8,14,17H2,1-4H3,(H,37,38). The van der Waals surface area contributed by atoms with Gasteiger partial charge < -0.3 is 23.9 Å². The van der Waals surface area contributed by atoms with Crippen molar-refractivity contribution in [3.8, 4) is 22.6 Å². The van der Waals surface area contributed by atoms with Crippen LogP contribution >= 0.6 is 0 Å². The first-order chi connectivity index (χ1) is 19.3. The largest absolute Gasteiger partial charge is 0.573 e. The number of carboxylic acid groups (broad SMARTS) is 1. The molecule has 0 amide bonds. The zero-order chi connectivity index (χ0) is 29.5. The quantitative estimate of drug-likeness (QED) is 0.253. The number of aromatic nitrogens is 2. The zero-order valence-corrected chi connectivity index (χ0v) is 23.2. The van der Waals surface area contributed by atoms with E-state index < -0.39 is 24.0 Å². The average Bonchev–Trinajstić information content (AvgIpc) is 3.26. The summed E-state index contributed by atoms with van der Waals surface area (Å²) in [6, 6.07) is 13.5. The predicted octanol–water partition coefficient (Wildman–Crippen LogP) is 7.22. The molecule has 0 bridgehead atoms. The molecule has 1 unspecified atom stereocenters. The molecular weight excluding hydrogens is 537 g/mol. The minimum atomic E-state index is -4.79. The van der Waals surface area contributed by atoms with E-state index in [1.807, 2.05) is 28.8 Å². The highest BCUT2D eigenvalue weighted by molar-refractivity contribution is 5.98. The van der Waals surface area contributed by atoms with E-state index in [0.717, 1.165) is 29.7 Å². The molecule has 1 aliphatic heterocycles. The molecule has 0 fully saturated rings. The van der Waals surface area contributed by atoms with Gasteiger partial charge in [0.1, 0.15) is 17.1 Å². The molecule has 10 heteroatoms. The molecule has 3 heterocycles. The van der Waals surface area contributed by atoms with Crippen molar-refractivity contribution in [1.29, 1.82) is 0 Å². The number of hydrogen-bond acceptors (Lipinski definition) is 5. The topological polar surface area (TPSA) is 82.8 Å². The number of alkyl halides is 3. The number of aliphatic carboxylic acids is 1.